The fraction of sp³-hybridized carbons (Fsp3) is 0.481. The number of halogens is 2. The number of alkyl halides is 2. The first-order chi connectivity index (χ1) is 36.0. The van der Waals surface area contributed by atoms with Gasteiger partial charge in [-0.2, -0.15) is 8.78 Å². The van der Waals surface area contributed by atoms with E-state index in [1.807, 2.05) is 53.4 Å². The molecule has 5 amide bonds. The number of rotatable bonds is 15. The van der Waals surface area contributed by atoms with E-state index in [-0.39, 0.29) is 85.9 Å². The molecule has 76 heavy (non-hydrogen) atoms. The van der Waals surface area contributed by atoms with Gasteiger partial charge in [0.05, 0.1) is 35.2 Å². The van der Waals surface area contributed by atoms with Crippen molar-refractivity contribution < 1.29 is 61.4 Å². The molecule has 4 N–H and O–H groups in total. The number of amides is 5. The molecule has 0 spiro atoms. The molecule has 3 aromatic carbocycles. The van der Waals surface area contributed by atoms with Gasteiger partial charge in [0.15, 0.2) is 0 Å². The molecule has 0 aliphatic carbocycles. The number of carbonyl (C=O) groups excluding carboxylic acids is 6. The molecule has 4 fully saturated rings. The van der Waals surface area contributed by atoms with Crippen molar-refractivity contribution >= 4 is 75.9 Å². The molecule has 6 heterocycles. The minimum Gasteiger partial charge on any atom is -0.370 e. The van der Waals surface area contributed by atoms with Crippen LogP contribution in [0.15, 0.2) is 77.6 Å². The summed E-state index contributed by atoms with van der Waals surface area (Å²) in [5.41, 5.74) is -5.31. The third kappa shape index (κ3) is 10.8. The van der Waals surface area contributed by atoms with Crippen LogP contribution in [-0.4, -0.2) is 158 Å². The van der Waals surface area contributed by atoms with Crippen molar-refractivity contribution in [1.82, 2.24) is 39.4 Å². The van der Waals surface area contributed by atoms with Crippen molar-refractivity contribution in [2.75, 3.05) is 65.6 Å². The monoisotopic (exact) mass is 1090 g/mol. The highest BCUT2D eigenvalue weighted by Gasteiger charge is 2.52. The van der Waals surface area contributed by atoms with E-state index in [0.717, 1.165) is 34.6 Å². The summed E-state index contributed by atoms with van der Waals surface area (Å²) < 4.78 is 56.8. The lowest BCUT2D eigenvalue weighted by Gasteiger charge is -2.45. The Kier molecular flexibility index (Phi) is 15.4. The van der Waals surface area contributed by atoms with Gasteiger partial charge in [-0.15, -0.1) is 11.3 Å². The summed E-state index contributed by atoms with van der Waals surface area (Å²) in [4.78, 5) is 121. The lowest BCUT2D eigenvalue weighted by Crippen LogP contribution is -2.66. The number of ether oxygens (including phenoxy) is 2. The van der Waals surface area contributed by atoms with Gasteiger partial charge in [-0.25, -0.2) is 4.79 Å². The van der Waals surface area contributed by atoms with Gasteiger partial charge in [0.25, 0.3) is 5.91 Å². The molecule has 2 aromatic heterocycles. The van der Waals surface area contributed by atoms with Crippen molar-refractivity contribution in [1.29, 1.82) is 0 Å². The molecule has 0 saturated carbocycles. The fourth-order valence-electron chi connectivity index (χ4n) is 10.6. The van der Waals surface area contributed by atoms with Gasteiger partial charge in [0.2, 0.25) is 23.6 Å². The van der Waals surface area contributed by atoms with E-state index in [2.05, 4.69) is 15.5 Å². The Morgan fingerprint density at radius 1 is 0.921 bits per heavy atom. The van der Waals surface area contributed by atoms with Crippen molar-refractivity contribution in [3.8, 4) is 0 Å². The first-order valence-corrected chi connectivity index (χ1v) is 27.5. The lowest BCUT2D eigenvalue weighted by atomic mass is 9.73. The number of morpholine rings is 1. The van der Waals surface area contributed by atoms with Gasteiger partial charge in [-0.3, -0.25) is 52.8 Å². The molecule has 0 radical (unpaired) electrons. The molecule has 20 nitrogen and oxygen atoms in total. The van der Waals surface area contributed by atoms with Crippen molar-refractivity contribution in [2.45, 2.75) is 82.1 Å². The van der Waals surface area contributed by atoms with E-state index >= 15 is 0 Å². The van der Waals surface area contributed by atoms with Crippen molar-refractivity contribution in [3.63, 3.8) is 0 Å². The number of aryl methyl sites for hydroxylation is 1. The van der Waals surface area contributed by atoms with E-state index in [1.54, 1.807) is 37.6 Å². The van der Waals surface area contributed by atoms with Crippen LogP contribution in [0.5, 0.6) is 0 Å². The molecule has 4 aliphatic heterocycles. The second kappa shape index (κ2) is 21.4. The highest BCUT2D eigenvalue weighted by Crippen LogP contribution is 2.59. The van der Waals surface area contributed by atoms with Crippen molar-refractivity contribution in [3.05, 3.63) is 105 Å². The Labute approximate surface area is 440 Å². The Bertz CT molecular complexity index is 3180. The maximum atomic E-state index is 15.0. The van der Waals surface area contributed by atoms with Crippen LogP contribution in [0.4, 0.5) is 8.78 Å². The van der Waals surface area contributed by atoms with E-state index in [1.165, 1.54) is 21.3 Å². The normalized spacial score (nSPS) is 22.2. The number of piperidine rings is 1. The molecule has 24 heteroatoms. The number of aldehydes is 1. The summed E-state index contributed by atoms with van der Waals surface area (Å²) >= 11 is 0.946. The number of imidazole rings is 1. The third-order valence-electron chi connectivity index (χ3n) is 15.3. The molecular formula is C52H61F2N8O12PS. The summed E-state index contributed by atoms with van der Waals surface area (Å²) in [6.07, 6.45) is 0.0995. The van der Waals surface area contributed by atoms with Crippen LogP contribution in [0.1, 0.15) is 78.5 Å². The number of aromatic nitrogens is 2. The average molecular weight is 1090 g/mol. The Morgan fingerprint density at radius 3 is 2.34 bits per heavy atom. The predicted molar refractivity (Wildman–Crippen MR) is 275 cm³/mol. The number of thiophene rings is 1. The van der Waals surface area contributed by atoms with Crippen LogP contribution in [0.25, 0.3) is 21.1 Å². The maximum Gasteiger partial charge on any atom is 0.399 e. The number of likely N-dealkylation sites (tertiary alicyclic amines) is 1. The third-order valence-corrected chi connectivity index (χ3v) is 17.4. The minimum atomic E-state index is -5.87. The Morgan fingerprint density at radius 2 is 1.66 bits per heavy atom. The number of nitrogens with one attached hydrogen (secondary N) is 2. The Balaban J connectivity index is 0.889. The minimum absolute atomic E-state index is 0.0471. The Hall–Kier alpha value is -6.04. The number of nitrogens with zero attached hydrogens (tertiary/aromatic N) is 6. The zero-order valence-electron chi connectivity index (χ0n) is 42.5. The van der Waals surface area contributed by atoms with Crippen LogP contribution in [-0.2, 0) is 57.3 Å². The largest absolute Gasteiger partial charge is 0.399 e. The van der Waals surface area contributed by atoms with Gasteiger partial charge in [0.1, 0.15) is 36.6 Å². The highest BCUT2D eigenvalue weighted by molar-refractivity contribution is 7.52. The molecule has 5 atom stereocenters. The molecule has 0 bridgehead atoms. The molecule has 5 aromatic rings. The first kappa shape index (κ1) is 54.7. The van der Waals surface area contributed by atoms with E-state index in [4.69, 9.17) is 9.47 Å². The van der Waals surface area contributed by atoms with Gasteiger partial charge < -0.3 is 39.2 Å². The first-order valence-electron chi connectivity index (χ1n) is 25.1. The lowest BCUT2D eigenvalue weighted by molar-refractivity contribution is -0.152. The smallest absolute Gasteiger partial charge is 0.370 e. The topological polar surface area (TPSA) is 242 Å². The number of carbonyl (C=O) groups is 6. The van der Waals surface area contributed by atoms with Gasteiger partial charge >= 0.3 is 18.9 Å². The summed E-state index contributed by atoms with van der Waals surface area (Å²) in [5.74, 6) is -2.15. The number of imide groups is 1. The standard InChI is InChI=1S/C52H61F2N8O12PS/c1-50(2,3)51(31-63,56-47(67)42-26-34-25-35(11-14-41(34)76-42)52(53,54)75(70,71)72)30-61-17-16-39(45(61)48(68)60-22-23-73-40(28-60)33-8-6-5-7-9-33)74-29-44(65)59-20-18-58(19-21-59)27-32-10-12-36-38(24-32)57(4)49(69)62(36)37-13-15-43(64)55-46(37)66/h5-12,14,24-26,31,37,39-40,45H,13,15-23,27-30H2,1-4H3,(H,56,67)(H,55,64,66)(H2,70,71,72)/t37?,39-,40+,45+,51+/m1/s1. The molecule has 1 unspecified atom stereocenters. The highest BCUT2D eigenvalue weighted by atomic mass is 32.1. The molecule has 9 rings (SSSR count). The number of hydrogen-bond acceptors (Lipinski definition) is 13. The van der Waals surface area contributed by atoms with Gasteiger partial charge in [-0.1, -0.05) is 63.2 Å². The van der Waals surface area contributed by atoms with Gasteiger partial charge in [0, 0.05) is 76.1 Å². The van der Waals surface area contributed by atoms with Crippen LogP contribution in [0.3, 0.4) is 0 Å². The van der Waals surface area contributed by atoms with Crippen LogP contribution >= 0.6 is 18.9 Å². The second-order valence-corrected chi connectivity index (χ2v) is 23.7. The average Bonchev–Trinajstić information content (AvgIpc) is 4.09. The SMILES string of the molecule is Cn1c(=O)n(C2CCC(=O)NC2=O)c2ccc(CN3CCN(C(=O)CO[C@@H]4CCN(C[C@@](C=O)(NC(=O)c5cc6cc(C(F)(F)P(=O)(O)O)ccc6s5)C(C)(C)C)[C@@H]4C(=O)N4CCO[C@H](c5ccccc5)C4)CC3)cc21. The predicted octanol–water partition coefficient (Wildman–Crippen LogP) is 3.88. The number of piperazine rings is 1. The number of benzene rings is 3. The molecule has 4 saturated heterocycles. The second-order valence-electron chi connectivity index (χ2n) is 21.0. The maximum absolute atomic E-state index is 15.0. The van der Waals surface area contributed by atoms with E-state index < -0.39 is 65.9 Å². The quantitative estimate of drug-likeness (QED) is 0.0661. The van der Waals surface area contributed by atoms with Crippen LogP contribution < -0.4 is 16.3 Å². The van der Waals surface area contributed by atoms with Crippen LogP contribution in [0, 0.1) is 5.41 Å². The molecule has 406 valence electrons. The van der Waals surface area contributed by atoms with E-state index in [0.29, 0.717) is 61.2 Å². The summed E-state index contributed by atoms with van der Waals surface area (Å²) in [5, 5.41) is 5.38. The van der Waals surface area contributed by atoms with Crippen molar-refractivity contribution in [2.24, 2.45) is 12.5 Å². The zero-order valence-corrected chi connectivity index (χ0v) is 44.2. The van der Waals surface area contributed by atoms with Gasteiger partial charge in [-0.05, 0) is 65.1 Å². The van der Waals surface area contributed by atoms with Crippen LogP contribution in [0.2, 0.25) is 0 Å². The summed E-state index contributed by atoms with van der Waals surface area (Å²) in [6, 6.07) is 17.7. The summed E-state index contributed by atoms with van der Waals surface area (Å²) in [7, 11) is -4.22. The van der Waals surface area contributed by atoms with E-state index in [9.17, 15) is 56.7 Å². The number of fused-ring (bicyclic) bond motifs is 2. The molecular weight excluding hydrogens is 1030 g/mol. The zero-order chi connectivity index (χ0) is 54.5. The number of hydrogen-bond donors (Lipinski definition) is 4. The molecule has 4 aliphatic rings. The summed E-state index contributed by atoms with van der Waals surface area (Å²) in [6.45, 7) is 8.24. The fourth-order valence-corrected chi connectivity index (χ4v) is 12.0.